The van der Waals surface area contributed by atoms with E-state index in [4.69, 9.17) is 4.74 Å². The van der Waals surface area contributed by atoms with Crippen molar-refractivity contribution in [1.82, 2.24) is 10.6 Å². The van der Waals surface area contributed by atoms with E-state index in [0.717, 1.165) is 29.7 Å². The smallest absolute Gasteiger partial charge is 0.315 e. The van der Waals surface area contributed by atoms with Gasteiger partial charge in [-0.3, -0.25) is 0 Å². The Labute approximate surface area is 145 Å². The van der Waals surface area contributed by atoms with E-state index < -0.39 is 6.10 Å². The molecule has 5 nitrogen and oxygen atoms in total. The first-order valence-corrected chi connectivity index (χ1v) is 9.13. The number of carbonyl (C=O) groups is 1. The van der Waals surface area contributed by atoms with Gasteiger partial charge in [-0.05, 0) is 47.7 Å². The molecule has 1 aromatic heterocycles. The predicted octanol–water partition coefficient (Wildman–Crippen LogP) is 3.21. The molecule has 24 heavy (non-hydrogen) atoms. The second-order valence-corrected chi connectivity index (χ2v) is 6.69. The lowest BCUT2D eigenvalue weighted by Crippen LogP contribution is -2.37. The average molecular weight is 346 g/mol. The molecule has 3 N–H and O–H groups in total. The van der Waals surface area contributed by atoms with Crippen LogP contribution in [-0.2, 0) is 6.54 Å². The molecule has 6 heteroatoms. The van der Waals surface area contributed by atoms with Gasteiger partial charge in [0.25, 0.3) is 0 Å². The van der Waals surface area contributed by atoms with Gasteiger partial charge in [0.15, 0.2) is 0 Å². The number of rotatable bonds is 7. The highest BCUT2D eigenvalue weighted by Gasteiger charge is 2.20. The van der Waals surface area contributed by atoms with Crippen LogP contribution in [0.25, 0.3) is 0 Å². The van der Waals surface area contributed by atoms with Gasteiger partial charge in [0.1, 0.15) is 5.75 Å². The number of para-hydroxylation sites is 1. The zero-order chi connectivity index (χ0) is 16.8. The SMILES string of the molecule is O=C(NCc1ccccc1OC1CCC1)NCC(O)c1ccsc1. The lowest BCUT2D eigenvalue weighted by atomic mass is 9.96. The molecular weight excluding hydrogens is 324 g/mol. The summed E-state index contributed by atoms with van der Waals surface area (Å²) in [5, 5.41) is 19.2. The summed E-state index contributed by atoms with van der Waals surface area (Å²) in [4.78, 5) is 11.9. The number of ether oxygens (including phenoxy) is 1. The number of amides is 2. The Morgan fingerprint density at radius 3 is 2.83 bits per heavy atom. The fraction of sp³-hybridized carbons (Fsp3) is 0.389. The Balaban J connectivity index is 1.45. The number of aliphatic hydroxyl groups excluding tert-OH is 1. The van der Waals surface area contributed by atoms with Crippen LogP contribution in [0.1, 0.15) is 36.5 Å². The molecule has 1 aliphatic carbocycles. The second kappa shape index (κ2) is 8.17. The van der Waals surface area contributed by atoms with E-state index in [-0.39, 0.29) is 12.6 Å². The molecule has 0 bridgehead atoms. The van der Waals surface area contributed by atoms with Crippen LogP contribution in [0.3, 0.4) is 0 Å². The first kappa shape index (κ1) is 16.8. The fourth-order valence-corrected chi connectivity index (χ4v) is 3.15. The van der Waals surface area contributed by atoms with Crippen molar-refractivity contribution in [1.29, 1.82) is 0 Å². The summed E-state index contributed by atoms with van der Waals surface area (Å²) < 4.78 is 5.95. The number of benzene rings is 1. The summed E-state index contributed by atoms with van der Waals surface area (Å²) in [6.07, 6.45) is 3.04. The van der Waals surface area contributed by atoms with Crippen LogP contribution >= 0.6 is 11.3 Å². The molecule has 1 unspecified atom stereocenters. The first-order valence-electron chi connectivity index (χ1n) is 8.19. The number of thiophene rings is 1. The van der Waals surface area contributed by atoms with Crippen molar-refractivity contribution in [3.8, 4) is 5.75 Å². The van der Waals surface area contributed by atoms with Crippen molar-refractivity contribution < 1.29 is 14.6 Å². The molecule has 1 saturated carbocycles. The lowest BCUT2D eigenvalue weighted by molar-refractivity contribution is 0.119. The summed E-state index contributed by atoms with van der Waals surface area (Å²) in [7, 11) is 0. The van der Waals surface area contributed by atoms with Crippen LogP contribution in [0.5, 0.6) is 5.75 Å². The van der Waals surface area contributed by atoms with Crippen LogP contribution in [0.4, 0.5) is 4.79 Å². The van der Waals surface area contributed by atoms with E-state index in [1.54, 1.807) is 0 Å². The topological polar surface area (TPSA) is 70.6 Å². The van der Waals surface area contributed by atoms with Crippen LogP contribution in [-0.4, -0.2) is 23.8 Å². The minimum absolute atomic E-state index is 0.183. The zero-order valence-corrected chi connectivity index (χ0v) is 14.2. The molecule has 128 valence electrons. The number of hydrogen-bond donors (Lipinski definition) is 3. The third-order valence-electron chi connectivity index (χ3n) is 4.14. The van der Waals surface area contributed by atoms with Crippen LogP contribution in [0.2, 0.25) is 0 Å². The van der Waals surface area contributed by atoms with Gasteiger partial charge >= 0.3 is 6.03 Å². The largest absolute Gasteiger partial charge is 0.490 e. The van der Waals surface area contributed by atoms with E-state index in [1.807, 2.05) is 41.1 Å². The lowest BCUT2D eigenvalue weighted by Gasteiger charge is -2.27. The minimum atomic E-state index is -0.684. The number of urea groups is 1. The van der Waals surface area contributed by atoms with Gasteiger partial charge in [-0.15, -0.1) is 0 Å². The molecule has 1 aliphatic rings. The van der Waals surface area contributed by atoms with Gasteiger partial charge < -0.3 is 20.5 Å². The van der Waals surface area contributed by atoms with Crippen molar-refractivity contribution in [3.05, 3.63) is 52.2 Å². The van der Waals surface area contributed by atoms with E-state index in [1.165, 1.54) is 17.8 Å². The van der Waals surface area contributed by atoms with Crippen molar-refractivity contribution >= 4 is 17.4 Å². The summed E-state index contributed by atoms with van der Waals surface area (Å²) in [5.41, 5.74) is 1.78. The molecule has 1 heterocycles. The maximum Gasteiger partial charge on any atom is 0.315 e. The highest BCUT2D eigenvalue weighted by molar-refractivity contribution is 7.07. The van der Waals surface area contributed by atoms with E-state index in [2.05, 4.69) is 10.6 Å². The van der Waals surface area contributed by atoms with Gasteiger partial charge in [0.2, 0.25) is 0 Å². The van der Waals surface area contributed by atoms with Crippen molar-refractivity contribution in [2.24, 2.45) is 0 Å². The Morgan fingerprint density at radius 1 is 1.29 bits per heavy atom. The third kappa shape index (κ3) is 4.49. The maximum absolute atomic E-state index is 11.9. The Morgan fingerprint density at radius 2 is 2.12 bits per heavy atom. The normalized spacial score (nSPS) is 15.4. The molecule has 3 rings (SSSR count). The van der Waals surface area contributed by atoms with Crippen molar-refractivity contribution in [2.45, 2.75) is 38.0 Å². The standard InChI is InChI=1S/C18H22N2O3S/c21-16(14-8-9-24-12-14)11-20-18(22)19-10-13-4-1-2-7-17(13)23-15-5-3-6-15/h1-2,4,7-9,12,15-16,21H,3,5-6,10-11H2,(H2,19,20,22). The number of nitrogens with one attached hydrogen (secondary N) is 2. The van der Waals surface area contributed by atoms with Crippen LogP contribution in [0, 0.1) is 0 Å². The monoisotopic (exact) mass is 346 g/mol. The highest BCUT2D eigenvalue weighted by atomic mass is 32.1. The first-order chi connectivity index (χ1) is 11.7. The van der Waals surface area contributed by atoms with Gasteiger partial charge in [-0.25, -0.2) is 4.79 Å². The van der Waals surface area contributed by atoms with E-state index in [0.29, 0.717) is 12.6 Å². The number of carbonyl (C=O) groups excluding carboxylic acids is 1. The molecule has 2 amide bonds. The fourth-order valence-electron chi connectivity index (χ4n) is 2.44. The molecule has 1 atom stereocenters. The maximum atomic E-state index is 11.9. The molecule has 1 aromatic carbocycles. The van der Waals surface area contributed by atoms with Gasteiger partial charge in [-0.2, -0.15) is 11.3 Å². The van der Waals surface area contributed by atoms with Crippen molar-refractivity contribution in [2.75, 3.05) is 6.54 Å². The predicted molar refractivity (Wildman–Crippen MR) is 94.2 cm³/mol. The molecule has 0 saturated heterocycles. The summed E-state index contributed by atoms with van der Waals surface area (Å²) in [5.74, 6) is 0.834. The second-order valence-electron chi connectivity index (χ2n) is 5.91. The molecular formula is C18H22N2O3S. The molecule has 1 fully saturated rings. The number of aliphatic hydroxyl groups is 1. The third-order valence-corrected chi connectivity index (χ3v) is 4.84. The van der Waals surface area contributed by atoms with Crippen molar-refractivity contribution in [3.63, 3.8) is 0 Å². The summed E-state index contributed by atoms with van der Waals surface area (Å²) in [6, 6.07) is 9.31. The van der Waals surface area contributed by atoms with E-state index in [9.17, 15) is 9.90 Å². The van der Waals surface area contributed by atoms with Gasteiger partial charge in [-0.1, -0.05) is 18.2 Å². The Kier molecular flexibility index (Phi) is 5.72. The zero-order valence-electron chi connectivity index (χ0n) is 13.4. The van der Waals surface area contributed by atoms with Gasteiger partial charge in [0, 0.05) is 18.7 Å². The van der Waals surface area contributed by atoms with E-state index >= 15 is 0 Å². The summed E-state index contributed by atoms with van der Waals surface area (Å²) >= 11 is 1.52. The van der Waals surface area contributed by atoms with Crippen LogP contribution < -0.4 is 15.4 Å². The van der Waals surface area contributed by atoms with Crippen LogP contribution in [0.15, 0.2) is 41.1 Å². The summed E-state index contributed by atoms with van der Waals surface area (Å²) in [6.45, 7) is 0.575. The Bertz CT molecular complexity index is 656. The molecule has 0 aliphatic heterocycles. The average Bonchev–Trinajstić information content (AvgIpc) is 3.09. The Hall–Kier alpha value is -2.05. The highest BCUT2D eigenvalue weighted by Crippen LogP contribution is 2.27. The molecule has 0 radical (unpaired) electrons. The quantitative estimate of drug-likeness (QED) is 0.721. The molecule has 0 spiro atoms. The van der Waals surface area contributed by atoms with Gasteiger partial charge in [0.05, 0.1) is 12.2 Å². The number of hydrogen-bond acceptors (Lipinski definition) is 4. The minimum Gasteiger partial charge on any atom is -0.490 e. The molecule has 2 aromatic rings.